The fourth-order valence-corrected chi connectivity index (χ4v) is 6.55. The van der Waals surface area contributed by atoms with Crippen molar-refractivity contribution < 1.29 is 27.9 Å². The van der Waals surface area contributed by atoms with Crippen molar-refractivity contribution in [3.05, 3.63) is 71.4 Å². The summed E-state index contributed by atoms with van der Waals surface area (Å²) in [7, 11) is 1.48. The molecule has 2 aliphatic heterocycles. The van der Waals surface area contributed by atoms with Gasteiger partial charge in [0.1, 0.15) is 5.75 Å². The van der Waals surface area contributed by atoms with Gasteiger partial charge in [-0.25, -0.2) is 0 Å². The second-order valence-corrected chi connectivity index (χ2v) is 16.9. The standard InChI is InChI=1S/C33H38NO5Si/c1-33(2,3)40(6,7)39-23-10-8-21(9-11-23)16-26-24-12-13-28(35-4)32(36-5)27(24)19-34-15-14-22-17-29-30(38-20-37-29)18-25(22)31(26)34/h8-13,17-19H,14-16,20H2,1-7H3/q+1. The lowest BCUT2D eigenvalue weighted by atomic mass is 9.88. The molecule has 6 rings (SSSR count). The van der Waals surface area contributed by atoms with E-state index in [1.54, 1.807) is 14.2 Å². The Kier molecular flexibility index (Phi) is 6.45. The molecule has 0 fully saturated rings. The molecule has 1 aromatic heterocycles. The van der Waals surface area contributed by atoms with E-state index < -0.39 is 8.32 Å². The predicted molar refractivity (Wildman–Crippen MR) is 160 cm³/mol. The van der Waals surface area contributed by atoms with Crippen molar-refractivity contribution in [2.24, 2.45) is 0 Å². The van der Waals surface area contributed by atoms with Crippen molar-refractivity contribution in [3.8, 4) is 40.0 Å². The molecule has 2 aliphatic rings. The molecule has 3 heterocycles. The maximum atomic E-state index is 6.56. The molecule has 0 aliphatic carbocycles. The average molecular weight is 557 g/mol. The van der Waals surface area contributed by atoms with E-state index in [4.69, 9.17) is 23.4 Å². The van der Waals surface area contributed by atoms with Gasteiger partial charge in [-0.3, -0.25) is 0 Å². The zero-order valence-corrected chi connectivity index (χ0v) is 25.5. The third-order valence-corrected chi connectivity index (χ3v) is 13.1. The first-order valence-corrected chi connectivity index (χ1v) is 16.8. The molecule has 4 aromatic rings. The molecular formula is C33H38NO5Si+. The molecule has 7 heteroatoms. The van der Waals surface area contributed by atoms with Gasteiger partial charge in [0.05, 0.1) is 25.2 Å². The van der Waals surface area contributed by atoms with Gasteiger partial charge >= 0.3 is 0 Å². The fraction of sp³-hybridized carbons (Fsp3) is 0.364. The van der Waals surface area contributed by atoms with Crippen molar-refractivity contribution in [2.45, 2.75) is 58.3 Å². The summed E-state index contributed by atoms with van der Waals surface area (Å²) < 4.78 is 31.9. The first kappa shape index (κ1) is 26.5. The highest BCUT2D eigenvalue weighted by atomic mass is 28.4. The monoisotopic (exact) mass is 556 g/mol. The van der Waals surface area contributed by atoms with Crippen LogP contribution in [-0.2, 0) is 19.4 Å². The van der Waals surface area contributed by atoms with Crippen LogP contribution in [0, 0.1) is 0 Å². The zero-order chi connectivity index (χ0) is 28.2. The van der Waals surface area contributed by atoms with Gasteiger partial charge in [0.15, 0.2) is 35.7 Å². The Balaban J connectivity index is 1.49. The number of rotatable bonds is 6. The van der Waals surface area contributed by atoms with Crippen LogP contribution >= 0.6 is 0 Å². The summed E-state index contributed by atoms with van der Waals surface area (Å²) in [5, 5.41) is 2.34. The molecule has 0 amide bonds. The Labute approximate surface area is 237 Å². The minimum atomic E-state index is -1.91. The van der Waals surface area contributed by atoms with Crippen LogP contribution in [-0.4, -0.2) is 29.3 Å². The molecule has 0 N–H and O–H groups in total. The lowest BCUT2D eigenvalue weighted by Crippen LogP contribution is -2.43. The number of aromatic nitrogens is 1. The summed E-state index contributed by atoms with van der Waals surface area (Å²) in [6, 6.07) is 17.1. The molecule has 6 nitrogen and oxygen atoms in total. The molecule has 208 valence electrons. The molecule has 0 spiro atoms. The minimum absolute atomic E-state index is 0.146. The van der Waals surface area contributed by atoms with Crippen LogP contribution in [0.2, 0.25) is 18.1 Å². The quantitative estimate of drug-likeness (QED) is 0.188. The van der Waals surface area contributed by atoms with Crippen molar-refractivity contribution in [3.63, 3.8) is 0 Å². The van der Waals surface area contributed by atoms with Gasteiger partial charge in [0.2, 0.25) is 20.8 Å². The second-order valence-electron chi connectivity index (χ2n) is 12.2. The average Bonchev–Trinajstić information content (AvgIpc) is 3.38. The number of methoxy groups -OCH3 is 2. The molecule has 0 unspecified atom stereocenters. The topological polar surface area (TPSA) is 50.0 Å². The Bertz CT molecular complexity index is 1600. The van der Waals surface area contributed by atoms with E-state index in [9.17, 15) is 0 Å². The van der Waals surface area contributed by atoms with Crippen molar-refractivity contribution in [1.82, 2.24) is 0 Å². The molecule has 0 bridgehead atoms. The Morgan fingerprint density at radius 1 is 0.900 bits per heavy atom. The third kappa shape index (κ3) is 4.46. The van der Waals surface area contributed by atoms with Gasteiger partial charge in [-0.05, 0) is 65.7 Å². The van der Waals surface area contributed by atoms with Crippen LogP contribution in [0.15, 0.2) is 54.7 Å². The molecule has 40 heavy (non-hydrogen) atoms. The maximum absolute atomic E-state index is 6.56. The summed E-state index contributed by atoms with van der Waals surface area (Å²) in [5.74, 6) is 4.06. The van der Waals surface area contributed by atoms with Crippen molar-refractivity contribution in [2.75, 3.05) is 21.0 Å². The van der Waals surface area contributed by atoms with E-state index in [2.05, 4.69) is 87.1 Å². The highest BCUT2D eigenvalue weighted by molar-refractivity contribution is 6.74. The Morgan fingerprint density at radius 3 is 2.30 bits per heavy atom. The summed E-state index contributed by atoms with van der Waals surface area (Å²) in [4.78, 5) is 0. The van der Waals surface area contributed by atoms with E-state index >= 15 is 0 Å². The van der Waals surface area contributed by atoms with Crippen LogP contribution in [0.1, 0.15) is 37.5 Å². The predicted octanol–water partition coefficient (Wildman–Crippen LogP) is 7.07. The fourth-order valence-electron chi connectivity index (χ4n) is 5.52. The zero-order valence-electron chi connectivity index (χ0n) is 24.5. The van der Waals surface area contributed by atoms with Crippen molar-refractivity contribution >= 4 is 19.1 Å². The Morgan fingerprint density at radius 2 is 1.62 bits per heavy atom. The minimum Gasteiger partial charge on any atom is -0.544 e. The summed E-state index contributed by atoms with van der Waals surface area (Å²) >= 11 is 0. The lowest BCUT2D eigenvalue weighted by Gasteiger charge is -2.36. The van der Waals surface area contributed by atoms with Gasteiger partial charge in [-0.2, -0.15) is 4.57 Å². The third-order valence-electron chi connectivity index (χ3n) is 8.73. The number of benzene rings is 3. The van der Waals surface area contributed by atoms with Gasteiger partial charge in [0, 0.05) is 23.8 Å². The summed E-state index contributed by atoms with van der Waals surface area (Å²) in [5.41, 5.74) is 6.15. The summed E-state index contributed by atoms with van der Waals surface area (Å²) in [6.07, 6.45) is 3.88. The van der Waals surface area contributed by atoms with Crippen molar-refractivity contribution in [1.29, 1.82) is 0 Å². The highest BCUT2D eigenvalue weighted by Gasteiger charge is 2.39. The molecule has 3 aromatic carbocycles. The van der Waals surface area contributed by atoms with Crippen LogP contribution in [0.25, 0.3) is 22.0 Å². The number of ether oxygens (including phenoxy) is 4. The van der Waals surface area contributed by atoms with E-state index in [-0.39, 0.29) is 11.8 Å². The molecule has 0 radical (unpaired) electrons. The maximum Gasteiger partial charge on any atom is 0.250 e. The van der Waals surface area contributed by atoms with Crippen LogP contribution in [0.4, 0.5) is 0 Å². The van der Waals surface area contributed by atoms with E-state index in [1.807, 2.05) is 6.07 Å². The summed E-state index contributed by atoms with van der Waals surface area (Å²) in [6.45, 7) is 12.5. The van der Waals surface area contributed by atoms with E-state index in [0.717, 1.165) is 58.9 Å². The second kappa shape index (κ2) is 9.73. The largest absolute Gasteiger partial charge is 0.544 e. The smallest absolute Gasteiger partial charge is 0.250 e. The highest BCUT2D eigenvalue weighted by Crippen LogP contribution is 2.44. The molecule has 0 atom stereocenters. The van der Waals surface area contributed by atoms with Gasteiger partial charge < -0.3 is 23.4 Å². The number of fused-ring (bicyclic) bond motifs is 5. The first-order valence-electron chi connectivity index (χ1n) is 13.9. The molecular weight excluding hydrogens is 518 g/mol. The molecule has 0 saturated heterocycles. The first-order chi connectivity index (χ1) is 19.1. The number of hydrogen-bond acceptors (Lipinski definition) is 5. The number of hydrogen-bond donors (Lipinski definition) is 0. The van der Waals surface area contributed by atoms with Crippen LogP contribution < -0.4 is 27.9 Å². The van der Waals surface area contributed by atoms with Gasteiger partial charge in [-0.1, -0.05) is 32.9 Å². The lowest BCUT2D eigenvalue weighted by molar-refractivity contribution is -0.686. The number of aryl methyl sites for hydroxylation is 2. The normalized spacial score (nSPS) is 14.1. The van der Waals surface area contributed by atoms with Crippen LogP contribution in [0.3, 0.4) is 0 Å². The Hall–Kier alpha value is -3.71. The number of nitrogens with zero attached hydrogens (tertiary/aromatic N) is 1. The SMILES string of the molecule is COc1ccc2c(Cc3ccc(O[Si](C)(C)C(C)(C)C)cc3)c3[n+](cc2c1OC)CCc1cc2c(cc1-3)OCO2. The van der Waals surface area contributed by atoms with Crippen LogP contribution in [0.5, 0.6) is 28.7 Å². The van der Waals surface area contributed by atoms with E-state index in [0.29, 0.717) is 0 Å². The number of pyridine rings is 1. The van der Waals surface area contributed by atoms with Gasteiger partial charge in [-0.15, -0.1) is 0 Å². The molecule has 0 saturated carbocycles. The van der Waals surface area contributed by atoms with E-state index in [1.165, 1.54) is 27.9 Å². The van der Waals surface area contributed by atoms with Gasteiger partial charge in [0.25, 0.3) is 0 Å².